The first-order chi connectivity index (χ1) is 11.6. The Kier molecular flexibility index (Phi) is 4.33. The summed E-state index contributed by atoms with van der Waals surface area (Å²) >= 11 is 0. The van der Waals surface area contributed by atoms with Crippen molar-refractivity contribution in [3.05, 3.63) is 76.0 Å². The maximum Gasteiger partial charge on any atom is 0.270 e. The molecule has 24 heavy (non-hydrogen) atoms. The Labute approximate surface area is 137 Å². The maximum absolute atomic E-state index is 12.0. The normalized spacial score (nSPS) is 11.0. The van der Waals surface area contributed by atoms with Crippen molar-refractivity contribution >= 4 is 28.7 Å². The standard InChI is InChI=1S/C17H14N4O3/c22-17(9-13-11-18-16-7-2-1-6-15(13)16)20-19-10-12-4-3-5-14(8-12)21(23)24/h1-8,10-11,18H,9H2,(H,20,22). The SMILES string of the molecule is O=C(Cc1c[nH]c2ccccc12)NN=Cc1cccc([N+](=O)[O-])c1. The third-order valence-corrected chi connectivity index (χ3v) is 3.51. The van der Waals surface area contributed by atoms with Crippen LogP contribution in [0, 0.1) is 10.1 Å². The molecule has 2 N–H and O–H groups in total. The first kappa shape index (κ1) is 15.4. The molecule has 0 bridgehead atoms. The second-order valence-corrected chi connectivity index (χ2v) is 5.18. The first-order valence-corrected chi connectivity index (χ1v) is 7.25. The van der Waals surface area contributed by atoms with Crippen molar-refractivity contribution in [2.75, 3.05) is 0 Å². The smallest absolute Gasteiger partial charge is 0.270 e. The number of non-ortho nitro benzene ring substituents is 1. The predicted molar refractivity (Wildman–Crippen MR) is 90.8 cm³/mol. The minimum atomic E-state index is -0.479. The molecule has 0 spiro atoms. The zero-order valence-electron chi connectivity index (χ0n) is 12.6. The van der Waals surface area contributed by atoms with Crippen LogP contribution in [0.15, 0.2) is 59.8 Å². The molecule has 1 amide bonds. The molecule has 7 nitrogen and oxygen atoms in total. The van der Waals surface area contributed by atoms with Crippen molar-refractivity contribution in [1.82, 2.24) is 10.4 Å². The number of aromatic nitrogens is 1. The summed E-state index contributed by atoms with van der Waals surface area (Å²) in [5, 5.41) is 15.5. The third kappa shape index (κ3) is 3.46. The Morgan fingerprint density at radius 3 is 2.92 bits per heavy atom. The molecule has 0 unspecified atom stereocenters. The molecule has 0 saturated carbocycles. The molecule has 7 heteroatoms. The number of hydrogen-bond donors (Lipinski definition) is 2. The number of hydrogen-bond acceptors (Lipinski definition) is 4. The summed E-state index contributed by atoms with van der Waals surface area (Å²) < 4.78 is 0. The van der Waals surface area contributed by atoms with Crippen LogP contribution in [0.2, 0.25) is 0 Å². The van der Waals surface area contributed by atoms with Crippen molar-refractivity contribution in [2.24, 2.45) is 5.10 Å². The molecule has 2 aromatic carbocycles. The van der Waals surface area contributed by atoms with Gasteiger partial charge in [-0.1, -0.05) is 30.3 Å². The molecular weight excluding hydrogens is 308 g/mol. The lowest BCUT2D eigenvalue weighted by Gasteiger charge is -1.99. The number of aromatic amines is 1. The Bertz CT molecular complexity index is 930. The molecule has 1 aromatic heterocycles. The number of para-hydroxylation sites is 1. The summed E-state index contributed by atoms with van der Waals surface area (Å²) in [7, 11) is 0. The van der Waals surface area contributed by atoms with E-state index in [1.807, 2.05) is 24.3 Å². The topological polar surface area (TPSA) is 100 Å². The lowest BCUT2D eigenvalue weighted by Crippen LogP contribution is -2.19. The van der Waals surface area contributed by atoms with Gasteiger partial charge >= 0.3 is 0 Å². The Hall–Kier alpha value is -3.48. The number of hydrazone groups is 1. The zero-order valence-corrected chi connectivity index (χ0v) is 12.6. The number of nitrogens with one attached hydrogen (secondary N) is 2. The zero-order chi connectivity index (χ0) is 16.9. The number of H-pyrrole nitrogens is 1. The van der Waals surface area contributed by atoms with Crippen LogP contribution in [0.1, 0.15) is 11.1 Å². The summed E-state index contributed by atoms with van der Waals surface area (Å²) in [6.07, 6.45) is 3.37. The van der Waals surface area contributed by atoms with Crippen molar-refractivity contribution in [3.63, 3.8) is 0 Å². The lowest BCUT2D eigenvalue weighted by atomic mass is 10.1. The minimum Gasteiger partial charge on any atom is -0.361 e. The summed E-state index contributed by atoms with van der Waals surface area (Å²) in [6.45, 7) is 0. The fourth-order valence-corrected chi connectivity index (χ4v) is 2.39. The molecule has 0 atom stereocenters. The molecule has 0 fully saturated rings. The lowest BCUT2D eigenvalue weighted by molar-refractivity contribution is -0.384. The van der Waals surface area contributed by atoms with Crippen LogP contribution in [-0.4, -0.2) is 22.0 Å². The van der Waals surface area contributed by atoms with Gasteiger partial charge in [-0.15, -0.1) is 0 Å². The molecule has 120 valence electrons. The van der Waals surface area contributed by atoms with E-state index < -0.39 is 4.92 Å². The second kappa shape index (κ2) is 6.74. The van der Waals surface area contributed by atoms with Crippen LogP contribution in [0.25, 0.3) is 10.9 Å². The van der Waals surface area contributed by atoms with Gasteiger partial charge in [-0.05, 0) is 11.6 Å². The highest BCUT2D eigenvalue weighted by molar-refractivity contribution is 5.89. The van der Waals surface area contributed by atoms with Crippen LogP contribution >= 0.6 is 0 Å². The van der Waals surface area contributed by atoms with E-state index in [4.69, 9.17) is 0 Å². The van der Waals surface area contributed by atoms with Crippen molar-refractivity contribution in [1.29, 1.82) is 0 Å². The van der Waals surface area contributed by atoms with Crippen LogP contribution in [-0.2, 0) is 11.2 Å². The number of rotatable bonds is 5. The van der Waals surface area contributed by atoms with Gasteiger partial charge in [-0.2, -0.15) is 5.10 Å². The highest BCUT2D eigenvalue weighted by Gasteiger charge is 2.08. The number of fused-ring (bicyclic) bond motifs is 1. The van der Waals surface area contributed by atoms with Crippen LogP contribution in [0.3, 0.4) is 0 Å². The number of carbonyl (C=O) groups is 1. The summed E-state index contributed by atoms with van der Waals surface area (Å²) in [5.74, 6) is -0.263. The number of nitrogens with zero attached hydrogens (tertiary/aromatic N) is 2. The summed E-state index contributed by atoms with van der Waals surface area (Å²) in [5.41, 5.74) is 4.80. The highest BCUT2D eigenvalue weighted by Crippen LogP contribution is 2.18. The molecule has 0 aliphatic heterocycles. The Morgan fingerprint density at radius 1 is 1.25 bits per heavy atom. The predicted octanol–water partition coefficient (Wildman–Crippen LogP) is 2.77. The quantitative estimate of drug-likeness (QED) is 0.429. The van der Waals surface area contributed by atoms with E-state index in [2.05, 4.69) is 15.5 Å². The van der Waals surface area contributed by atoms with Gasteiger partial charge in [0.1, 0.15) is 0 Å². The van der Waals surface area contributed by atoms with Crippen LogP contribution in [0.5, 0.6) is 0 Å². The van der Waals surface area contributed by atoms with Gasteiger partial charge in [0.2, 0.25) is 5.91 Å². The van der Waals surface area contributed by atoms with E-state index in [0.717, 1.165) is 16.5 Å². The maximum atomic E-state index is 12.0. The molecule has 0 saturated heterocycles. The van der Waals surface area contributed by atoms with E-state index in [1.54, 1.807) is 18.3 Å². The Morgan fingerprint density at radius 2 is 2.08 bits per heavy atom. The van der Waals surface area contributed by atoms with E-state index in [1.165, 1.54) is 18.3 Å². The Balaban J connectivity index is 1.63. The minimum absolute atomic E-state index is 0.0240. The van der Waals surface area contributed by atoms with Gasteiger partial charge in [0.15, 0.2) is 0 Å². The van der Waals surface area contributed by atoms with E-state index in [-0.39, 0.29) is 18.0 Å². The van der Waals surface area contributed by atoms with Crippen LogP contribution in [0.4, 0.5) is 5.69 Å². The van der Waals surface area contributed by atoms with Gasteiger partial charge in [0, 0.05) is 34.8 Å². The highest BCUT2D eigenvalue weighted by atomic mass is 16.6. The average Bonchev–Trinajstić information content (AvgIpc) is 2.98. The monoisotopic (exact) mass is 322 g/mol. The molecule has 3 aromatic rings. The molecule has 0 radical (unpaired) electrons. The van der Waals surface area contributed by atoms with Crippen molar-refractivity contribution in [2.45, 2.75) is 6.42 Å². The fraction of sp³-hybridized carbons (Fsp3) is 0.0588. The number of amides is 1. The largest absolute Gasteiger partial charge is 0.361 e. The van der Waals surface area contributed by atoms with Gasteiger partial charge < -0.3 is 4.98 Å². The molecule has 3 rings (SSSR count). The van der Waals surface area contributed by atoms with Gasteiger partial charge in [0.25, 0.3) is 5.69 Å². The van der Waals surface area contributed by atoms with Crippen molar-refractivity contribution in [3.8, 4) is 0 Å². The van der Waals surface area contributed by atoms with Crippen molar-refractivity contribution < 1.29 is 9.72 Å². The first-order valence-electron chi connectivity index (χ1n) is 7.25. The molecule has 1 heterocycles. The molecule has 0 aliphatic carbocycles. The molecular formula is C17H14N4O3. The van der Waals surface area contributed by atoms with Crippen LogP contribution < -0.4 is 5.43 Å². The number of carbonyl (C=O) groups excluding carboxylic acids is 1. The van der Waals surface area contributed by atoms with Gasteiger partial charge in [-0.3, -0.25) is 14.9 Å². The number of nitro benzene ring substituents is 1. The number of nitro groups is 1. The average molecular weight is 322 g/mol. The van der Waals surface area contributed by atoms with Gasteiger partial charge in [-0.25, -0.2) is 5.43 Å². The van der Waals surface area contributed by atoms with E-state index >= 15 is 0 Å². The summed E-state index contributed by atoms with van der Waals surface area (Å²) in [6, 6.07) is 13.7. The third-order valence-electron chi connectivity index (χ3n) is 3.51. The molecule has 0 aliphatic rings. The second-order valence-electron chi connectivity index (χ2n) is 5.18. The van der Waals surface area contributed by atoms with Gasteiger partial charge in [0.05, 0.1) is 17.6 Å². The van der Waals surface area contributed by atoms with E-state index in [0.29, 0.717) is 5.56 Å². The number of benzene rings is 2. The fourth-order valence-electron chi connectivity index (χ4n) is 2.39. The summed E-state index contributed by atoms with van der Waals surface area (Å²) in [4.78, 5) is 25.3. The van der Waals surface area contributed by atoms with E-state index in [9.17, 15) is 14.9 Å².